The molecular formula is C22H22BrFN2O3S. The highest BCUT2D eigenvalue weighted by molar-refractivity contribution is 9.10. The van der Waals surface area contributed by atoms with Crippen LogP contribution in [0, 0.1) is 5.82 Å². The Morgan fingerprint density at radius 2 is 2.07 bits per heavy atom. The van der Waals surface area contributed by atoms with Gasteiger partial charge in [0.05, 0.1) is 16.5 Å². The first-order chi connectivity index (χ1) is 14.5. The predicted molar refractivity (Wildman–Crippen MR) is 122 cm³/mol. The first-order valence-electron chi connectivity index (χ1n) is 9.47. The van der Waals surface area contributed by atoms with Gasteiger partial charge in [0, 0.05) is 13.1 Å². The Balaban J connectivity index is 1.86. The summed E-state index contributed by atoms with van der Waals surface area (Å²) in [6, 6.07) is 9.91. The van der Waals surface area contributed by atoms with Gasteiger partial charge in [0.2, 0.25) is 0 Å². The number of amides is 1. The van der Waals surface area contributed by atoms with Crippen LogP contribution in [0.5, 0.6) is 11.5 Å². The average molecular weight is 493 g/mol. The van der Waals surface area contributed by atoms with Crippen LogP contribution in [0.2, 0.25) is 0 Å². The Morgan fingerprint density at radius 3 is 2.73 bits per heavy atom. The Labute approximate surface area is 188 Å². The van der Waals surface area contributed by atoms with Crippen LogP contribution in [-0.4, -0.2) is 36.2 Å². The SMILES string of the molecule is CCN=C1S/C(=C\c2cc(Br)c(OCc3cccc(F)c3)c(OC)c2)C(=O)N1CC. The number of halogens is 2. The van der Waals surface area contributed by atoms with E-state index in [1.807, 2.05) is 26.0 Å². The molecule has 3 rings (SSSR count). The maximum atomic E-state index is 13.4. The minimum atomic E-state index is -0.310. The molecule has 2 aromatic rings. The van der Waals surface area contributed by atoms with Gasteiger partial charge < -0.3 is 9.47 Å². The van der Waals surface area contributed by atoms with Crippen LogP contribution >= 0.6 is 27.7 Å². The van der Waals surface area contributed by atoms with Gasteiger partial charge in [-0.25, -0.2) is 4.39 Å². The van der Waals surface area contributed by atoms with Crippen molar-refractivity contribution in [1.29, 1.82) is 0 Å². The number of aliphatic imine (C=N–C) groups is 1. The zero-order chi connectivity index (χ0) is 21.7. The summed E-state index contributed by atoms with van der Waals surface area (Å²) in [7, 11) is 1.55. The van der Waals surface area contributed by atoms with E-state index >= 15 is 0 Å². The fourth-order valence-electron chi connectivity index (χ4n) is 2.94. The number of rotatable bonds is 7. The highest BCUT2D eigenvalue weighted by Crippen LogP contribution is 2.39. The van der Waals surface area contributed by atoms with Crippen LogP contribution in [0.4, 0.5) is 4.39 Å². The highest BCUT2D eigenvalue weighted by Gasteiger charge is 2.31. The summed E-state index contributed by atoms with van der Waals surface area (Å²) in [6.45, 7) is 5.26. The van der Waals surface area contributed by atoms with Crippen LogP contribution in [-0.2, 0) is 11.4 Å². The van der Waals surface area contributed by atoms with Crippen molar-refractivity contribution in [3.05, 3.63) is 62.7 Å². The molecule has 2 aromatic carbocycles. The normalized spacial score (nSPS) is 16.6. The summed E-state index contributed by atoms with van der Waals surface area (Å²) >= 11 is 4.89. The van der Waals surface area contributed by atoms with E-state index in [0.29, 0.717) is 39.5 Å². The fourth-order valence-corrected chi connectivity index (χ4v) is 4.62. The Kier molecular flexibility index (Phi) is 7.55. The summed E-state index contributed by atoms with van der Waals surface area (Å²) in [5.41, 5.74) is 1.51. The van der Waals surface area contributed by atoms with Crippen molar-refractivity contribution < 1.29 is 18.7 Å². The molecule has 1 aliphatic rings. The van der Waals surface area contributed by atoms with E-state index in [9.17, 15) is 9.18 Å². The topological polar surface area (TPSA) is 51.1 Å². The number of amidine groups is 1. The lowest BCUT2D eigenvalue weighted by Gasteiger charge is -2.14. The smallest absolute Gasteiger partial charge is 0.266 e. The highest BCUT2D eigenvalue weighted by atomic mass is 79.9. The monoisotopic (exact) mass is 492 g/mol. The second-order valence-electron chi connectivity index (χ2n) is 6.37. The van der Waals surface area contributed by atoms with Crippen LogP contribution in [0.1, 0.15) is 25.0 Å². The van der Waals surface area contributed by atoms with Gasteiger partial charge in [0.15, 0.2) is 16.7 Å². The predicted octanol–water partition coefficient (Wildman–Crippen LogP) is 5.49. The molecule has 0 unspecified atom stereocenters. The number of hydrogen-bond acceptors (Lipinski definition) is 5. The standard InChI is InChI=1S/C22H22BrFN2O3S/c1-4-25-22-26(5-2)21(27)19(30-22)12-15-10-17(23)20(18(11-15)28-3)29-13-14-7-6-8-16(24)9-14/h6-12H,4-5,13H2,1-3H3/b19-12-,25-22?. The first kappa shape index (κ1) is 22.4. The molecule has 1 fully saturated rings. The lowest BCUT2D eigenvalue weighted by Crippen LogP contribution is -2.28. The number of ether oxygens (including phenoxy) is 2. The van der Waals surface area contributed by atoms with Gasteiger partial charge in [-0.1, -0.05) is 12.1 Å². The van der Waals surface area contributed by atoms with Gasteiger partial charge in [-0.3, -0.25) is 14.7 Å². The molecular weight excluding hydrogens is 471 g/mol. The summed E-state index contributed by atoms with van der Waals surface area (Å²) in [5, 5.41) is 0.720. The second-order valence-corrected chi connectivity index (χ2v) is 8.23. The molecule has 0 spiro atoms. The summed E-state index contributed by atoms with van der Waals surface area (Å²) in [4.78, 5) is 19.4. The van der Waals surface area contributed by atoms with E-state index in [0.717, 1.165) is 10.7 Å². The third-order valence-corrected chi connectivity index (χ3v) is 5.95. The molecule has 5 nitrogen and oxygen atoms in total. The van der Waals surface area contributed by atoms with Crippen LogP contribution < -0.4 is 9.47 Å². The van der Waals surface area contributed by atoms with E-state index in [1.165, 1.54) is 23.9 Å². The van der Waals surface area contributed by atoms with E-state index in [4.69, 9.17) is 9.47 Å². The number of carbonyl (C=O) groups excluding carboxylic acids is 1. The molecule has 158 valence electrons. The molecule has 8 heteroatoms. The van der Waals surface area contributed by atoms with Gasteiger partial charge in [-0.05, 0) is 83.0 Å². The zero-order valence-corrected chi connectivity index (χ0v) is 19.3. The van der Waals surface area contributed by atoms with Crippen LogP contribution in [0.3, 0.4) is 0 Å². The van der Waals surface area contributed by atoms with Crippen LogP contribution in [0.15, 0.2) is 50.8 Å². The van der Waals surface area contributed by atoms with Crippen molar-refractivity contribution in [3.63, 3.8) is 0 Å². The van der Waals surface area contributed by atoms with Crippen molar-refractivity contribution in [1.82, 2.24) is 4.90 Å². The van der Waals surface area contributed by atoms with Gasteiger partial charge in [0.1, 0.15) is 12.4 Å². The number of carbonyl (C=O) groups is 1. The van der Waals surface area contributed by atoms with Gasteiger partial charge in [-0.2, -0.15) is 0 Å². The molecule has 1 saturated heterocycles. The molecule has 1 aliphatic heterocycles. The van der Waals surface area contributed by atoms with Crippen LogP contribution in [0.25, 0.3) is 6.08 Å². The summed E-state index contributed by atoms with van der Waals surface area (Å²) in [6.07, 6.45) is 1.82. The van der Waals surface area contributed by atoms with Crippen molar-refractivity contribution in [2.24, 2.45) is 4.99 Å². The molecule has 0 radical (unpaired) electrons. The Bertz CT molecular complexity index is 1010. The van der Waals surface area contributed by atoms with Gasteiger partial charge in [0.25, 0.3) is 5.91 Å². The molecule has 0 atom stereocenters. The number of thioether (sulfide) groups is 1. The Hall–Kier alpha value is -2.32. The second kappa shape index (κ2) is 10.1. The van der Waals surface area contributed by atoms with Gasteiger partial charge >= 0.3 is 0 Å². The van der Waals surface area contributed by atoms with Crippen molar-refractivity contribution >= 4 is 44.8 Å². The largest absolute Gasteiger partial charge is 0.493 e. The third kappa shape index (κ3) is 5.05. The maximum Gasteiger partial charge on any atom is 0.266 e. The lowest BCUT2D eigenvalue weighted by molar-refractivity contribution is -0.122. The quantitative estimate of drug-likeness (QED) is 0.479. The molecule has 0 aliphatic carbocycles. The summed E-state index contributed by atoms with van der Waals surface area (Å²) in [5.74, 6) is 0.654. The summed E-state index contributed by atoms with van der Waals surface area (Å²) < 4.78 is 25.4. The van der Waals surface area contributed by atoms with Crippen molar-refractivity contribution in [3.8, 4) is 11.5 Å². The lowest BCUT2D eigenvalue weighted by atomic mass is 10.1. The molecule has 0 aromatic heterocycles. The van der Waals surface area contributed by atoms with E-state index in [1.54, 1.807) is 30.2 Å². The number of benzene rings is 2. The molecule has 0 bridgehead atoms. The molecule has 1 amide bonds. The van der Waals surface area contributed by atoms with E-state index < -0.39 is 0 Å². The fraction of sp³-hybridized carbons (Fsp3) is 0.273. The molecule has 0 N–H and O–H groups in total. The van der Waals surface area contributed by atoms with Gasteiger partial charge in [-0.15, -0.1) is 0 Å². The first-order valence-corrected chi connectivity index (χ1v) is 11.1. The van der Waals surface area contributed by atoms with E-state index in [2.05, 4.69) is 20.9 Å². The van der Waals surface area contributed by atoms with E-state index in [-0.39, 0.29) is 18.3 Å². The number of methoxy groups -OCH3 is 1. The third-order valence-electron chi connectivity index (χ3n) is 4.32. The minimum Gasteiger partial charge on any atom is -0.493 e. The maximum absolute atomic E-state index is 13.4. The number of hydrogen-bond donors (Lipinski definition) is 0. The molecule has 30 heavy (non-hydrogen) atoms. The number of nitrogens with zero attached hydrogens (tertiary/aromatic N) is 2. The molecule has 1 heterocycles. The van der Waals surface area contributed by atoms with Crippen molar-refractivity contribution in [2.45, 2.75) is 20.5 Å². The Morgan fingerprint density at radius 1 is 1.27 bits per heavy atom. The molecule has 0 saturated carbocycles. The number of likely N-dealkylation sites (N-methyl/N-ethyl adjacent to an activating group) is 1. The minimum absolute atomic E-state index is 0.0591. The zero-order valence-electron chi connectivity index (χ0n) is 16.9. The van der Waals surface area contributed by atoms with Crippen molar-refractivity contribution in [2.75, 3.05) is 20.2 Å². The average Bonchev–Trinajstić information content (AvgIpc) is 3.01.